The minimum Gasteiger partial charge on any atom is -0.463 e. The van der Waals surface area contributed by atoms with E-state index in [0.717, 1.165) is 186 Å². The fraction of sp³-hybridized carbons (Fsp3) is 0.685. The van der Waals surface area contributed by atoms with Crippen LogP contribution in [-0.2, 0) is 55.8 Å². The normalized spacial score (nSPS) is 14.4. The van der Waals surface area contributed by atoms with Gasteiger partial charge in [0.25, 0.3) is 0 Å². The third-order valence-corrected chi connectivity index (χ3v) is 23.7. The van der Waals surface area contributed by atoms with E-state index in [0.29, 0.717) is 19.3 Å². The highest BCUT2D eigenvalue weighted by Gasteiger charge is 2.30. The van der Waals surface area contributed by atoms with Gasteiger partial charge in [0.05, 0.1) is 26.4 Å². The lowest BCUT2D eigenvalue weighted by atomic mass is 10.0. The maximum absolute atomic E-state index is 13.1. The molecular formula is C111H188O16P2. The molecule has 738 valence electrons. The number of aliphatic hydroxyl groups excluding tert-OH is 2. The molecule has 0 aliphatic heterocycles. The Morgan fingerprint density at radius 2 is 0.411 bits per heavy atom. The lowest BCUT2D eigenvalue weighted by Crippen LogP contribution is -2.30. The molecule has 129 heavy (non-hydrogen) atoms. The predicted molar refractivity (Wildman–Crippen MR) is 546 cm³/mol. The van der Waals surface area contributed by atoms with E-state index in [1.165, 1.54) is 186 Å². The van der Waals surface area contributed by atoms with Crippen LogP contribution < -0.4 is 0 Å². The van der Waals surface area contributed by atoms with Gasteiger partial charge in [0.1, 0.15) is 25.4 Å². The van der Waals surface area contributed by atoms with Crippen molar-refractivity contribution in [3.8, 4) is 0 Å². The maximum Gasteiger partial charge on any atom is 0.472 e. The molecule has 0 amide bonds. The number of hydrogen-bond acceptors (Lipinski definition) is 14. The highest BCUT2D eigenvalue weighted by atomic mass is 31.2. The summed E-state index contributed by atoms with van der Waals surface area (Å²) >= 11 is 0. The zero-order valence-electron chi connectivity index (χ0n) is 81.8. The van der Waals surface area contributed by atoms with Crippen molar-refractivity contribution in [2.24, 2.45) is 0 Å². The highest BCUT2D eigenvalue weighted by molar-refractivity contribution is 7.47. The van der Waals surface area contributed by atoms with Gasteiger partial charge in [0.15, 0.2) is 6.10 Å². The number of rotatable bonds is 97. The van der Waals surface area contributed by atoms with E-state index in [2.05, 4.69) is 215 Å². The molecule has 0 saturated heterocycles. The second kappa shape index (κ2) is 101. The van der Waals surface area contributed by atoms with Crippen LogP contribution in [0.25, 0.3) is 0 Å². The standard InChI is InChI=1S/C111H188O16P2/c1-4-7-10-13-16-19-22-25-28-31-34-37-40-43-45-47-49-51-52-54-56-57-59-62-64-67-70-73-76-79-82-85-88-91-94-97-109(114)121-100-106(112)101-123-128(117,118)124-102-107(113)103-125-129(119,120)126-105-108(127-111(116)99-96-93-90-87-84-81-78-75-72-69-66-61-42-39-36-33-30-27-24-21-18-15-12-9-6-3)104-122-110(115)98-95-92-89-86-83-80-77-74-71-68-65-63-60-58-55-53-50-48-46-44-41-38-35-32-29-26-23-20-17-14-11-8-5-2/h8-9,11-12,16-21,25-30,34-39,43-46,50,53,61,66,72,75,106-108,112-113H,4-7,10,13-15,22-24,31-33,40-42,47-49,51-52,54-60,62-65,67-71,73-74,76-105H2,1-3H3,(H,117,118)(H,119,120)/b11-8-,12-9-,19-16-,20-17-,21-18-,28-25-,29-26-,30-27-,37-34-,38-35-,39-36-,45-43-,46-44-,53-50-,66-61-,75-72-. The van der Waals surface area contributed by atoms with Crippen LogP contribution in [0, 0.1) is 0 Å². The fourth-order valence-corrected chi connectivity index (χ4v) is 15.6. The maximum atomic E-state index is 13.1. The number of aliphatic hydroxyl groups is 2. The summed E-state index contributed by atoms with van der Waals surface area (Å²) < 4.78 is 61.7. The number of carbonyl (C=O) groups excluding carboxylic acids is 3. The first-order valence-electron chi connectivity index (χ1n) is 51.7. The van der Waals surface area contributed by atoms with E-state index >= 15 is 0 Å². The summed E-state index contributed by atoms with van der Waals surface area (Å²) in [4.78, 5) is 59.2. The zero-order chi connectivity index (χ0) is 93.5. The van der Waals surface area contributed by atoms with Crippen LogP contribution in [0.15, 0.2) is 194 Å². The molecule has 0 aromatic heterocycles. The molecule has 0 saturated carbocycles. The van der Waals surface area contributed by atoms with Gasteiger partial charge in [-0.05, 0) is 167 Å². The van der Waals surface area contributed by atoms with Gasteiger partial charge < -0.3 is 34.2 Å². The molecule has 0 aromatic carbocycles. The van der Waals surface area contributed by atoms with Gasteiger partial charge in [-0.1, -0.05) is 440 Å². The number of allylic oxidation sites excluding steroid dienone is 32. The Bertz CT molecular complexity index is 3130. The second-order valence-electron chi connectivity index (χ2n) is 34.2. The van der Waals surface area contributed by atoms with Crippen molar-refractivity contribution in [3.05, 3.63) is 194 Å². The Labute approximate surface area is 788 Å². The molecule has 5 atom stereocenters. The number of phosphoric ester groups is 2. The van der Waals surface area contributed by atoms with Crippen LogP contribution in [-0.4, -0.2) is 95.9 Å². The zero-order valence-corrected chi connectivity index (χ0v) is 83.6. The van der Waals surface area contributed by atoms with Crippen molar-refractivity contribution in [3.63, 3.8) is 0 Å². The summed E-state index contributed by atoms with van der Waals surface area (Å²) in [6, 6.07) is 0. The van der Waals surface area contributed by atoms with Gasteiger partial charge in [0.2, 0.25) is 0 Å². The fourth-order valence-electron chi connectivity index (χ4n) is 14.0. The van der Waals surface area contributed by atoms with Crippen LogP contribution >= 0.6 is 15.6 Å². The molecular weight excluding hydrogens is 1650 g/mol. The lowest BCUT2D eigenvalue weighted by molar-refractivity contribution is -0.161. The van der Waals surface area contributed by atoms with Crippen molar-refractivity contribution in [1.82, 2.24) is 0 Å². The van der Waals surface area contributed by atoms with E-state index < -0.39 is 91.5 Å². The molecule has 0 heterocycles. The molecule has 4 N–H and O–H groups in total. The Morgan fingerprint density at radius 3 is 0.651 bits per heavy atom. The first-order chi connectivity index (χ1) is 63.2. The van der Waals surface area contributed by atoms with Crippen LogP contribution in [0.3, 0.4) is 0 Å². The number of phosphoric acid groups is 2. The summed E-state index contributed by atoms with van der Waals surface area (Å²) in [5.74, 6) is -1.58. The topological polar surface area (TPSA) is 231 Å². The van der Waals surface area contributed by atoms with Crippen LogP contribution in [0.5, 0.6) is 0 Å². The van der Waals surface area contributed by atoms with Crippen molar-refractivity contribution >= 4 is 33.6 Å². The monoisotopic (exact) mass is 1840 g/mol. The highest BCUT2D eigenvalue weighted by Crippen LogP contribution is 2.45. The van der Waals surface area contributed by atoms with E-state index in [1.54, 1.807) is 0 Å². The molecule has 16 nitrogen and oxygen atoms in total. The van der Waals surface area contributed by atoms with E-state index in [1.807, 2.05) is 0 Å². The molecule has 0 aliphatic rings. The number of carbonyl (C=O) groups is 3. The second-order valence-corrected chi connectivity index (χ2v) is 37.1. The van der Waals surface area contributed by atoms with Gasteiger partial charge in [-0.2, -0.15) is 0 Å². The molecule has 0 bridgehead atoms. The Kier molecular flexibility index (Phi) is 97.0. The molecule has 18 heteroatoms. The van der Waals surface area contributed by atoms with E-state index in [-0.39, 0.29) is 19.3 Å². The van der Waals surface area contributed by atoms with E-state index in [9.17, 15) is 43.5 Å². The quantitative estimate of drug-likeness (QED) is 0.0146. The molecule has 0 aliphatic carbocycles. The third kappa shape index (κ3) is 103. The smallest absolute Gasteiger partial charge is 0.463 e. The lowest BCUT2D eigenvalue weighted by Gasteiger charge is -2.21. The molecule has 0 aromatic rings. The van der Waals surface area contributed by atoms with Crippen molar-refractivity contribution < 1.29 is 75.8 Å². The van der Waals surface area contributed by atoms with Gasteiger partial charge in [0, 0.05) is 19.3 Å². The largest absolute Gasteiger partial charge is 0.472 e. The van der Waals surface area contributed by atoms with Crippen molar-refractivity contribution in [2.45, 2.75) is 450 Å². The number of ether oxygens (including phenoxy) is 3. The number of hydrogen-bond donors (Lipinski definition) is 4. The summed E-state index contributed by atoms with van der Waals surface area (Å²) in [6.45, 7) is 2.47. The minimum atomic E-state index is -4.96. The van der Waals surface area contributed by atoms with Gasteiger partial charge >= 0.3 is 33.6 Å². The molecule has 0 spiro atoms. The van der Waals surface area contributed by atoms with Gasteiger partial charge in [-0.3, -0.25) is 32.5 Å². The first-order valence-corrected chi connectivity index (χ1v) is 54.7. The van der Waals surface area contributed by atoms with Gasteiger partial charge in [-0.25, -0.2) is 9.13 Å². The van der Waals surface area contributed by atoms with Crippen molar-refractivity contribution in [2.75, 3.05) is 39.6 Å². The summed E-state index contributed by atoms with van der Waals surface area (Å²) in [5, 5.41) is 20.8. The molecule has 5 unspecified atom stereocenters. The summed E-state index contributed by atoms with van der Waals surface area (Å²) in [6.07, 6.45) is 136. The van der Waals surface area contributed by atoms with Crippen molar-refractivity contribution in [1.29, 1.82) is 0 Å². The molecule has 0 fully saturated rings. The average molecular weight is 1840 g/mol. The van der Waals surface area contributed by atoms with Crippen LogP contribution in [0.4, 0.5) is 0 Å². The molecule has 0 rings (SSSR count). The Balaban J connectivity index is 4.59. The third-order valence-electron chi connectivity index (χ3n) is 21.8. The van der Waals surface area contributed by atoms with E-state index in [4.69, 9.17) is 32.3 Å². The summed E-state index contributed by atoms with van der Waals surface area (Å²) in [7, 11) is -9.83. The molecule has 0 radical (unpaired) electrons. The Morgan fingerprint density at radius 1 is 0.225 bits per heavy atom. The predicted octanol–water partition coefficient (Wildman–Crippen LogP) is 32.9. The first kappa shape index (κ1) is 123. The average Bonchev–Trinajstić information content (AvgIpc) is 0.898. The van der Waals surface area contributed by atoms with Gasteiger partial charge in [-0.15, -0.1) is 0 Å². The van der Waals surface area contributed by atoms with Crippen LogP contribution in [0.1, 0.15) is 432 Å². The minimum absolute atomic E-state index is 0.0819. The number of unbranched alkanes of at least 4 members (excludes halogenated alkanes) is 42. The number of esters is 3. The Hall–Kier alpha value is -5.61. The SMILES string of the molecule is CC/C=C\C/C=C\C/C=C\C/C=C\C/C=C\C/C=C\CCCCCCCCCCCCCCCCC(=O)OCC(COP(=O)(O)OCC(O)COP(=O)(O)OCC(O)COC(=O)CCCCCCCCCCCCCCCCCCCCC/C=C\C/C=C\C/C=C\C/C=C\CCCCC)OC(=O)CCCCCCCC/C=C\C/C=C\C/C=C\C/C=C\C/C=C\C/C=C\CC. The summed E-state index contributed by atoms with van der Waals surface area (Å²) in [5.41, 5.74) is 0. The van der Waals surface area contributed by atoms with Crippen LogP contribution in [0.2, 0.25) is 0 Å².